The van der Waals surface area contributed by atoms with Crippen molar-refractivity contribution < 1.29 is 14.1 Å². The van der Waals surface area contributed by atoms with Crippen molar-refractivity contribution >= 4 is 5.91 Å². The number of nitrogens with one attached hydrogen (secondary N) is 1. The Kier molecular flexibility index (Phi) is 4.64. The molecule has 0 radical (unpaired) electrons. The molecule has 1 fully saturated rings. The van der Waals surface area contributed by atoms with Gasteiger partial charge in [0.1, 0.15) is 11.6 Å². The first-order valence-corrected chi connectivity index (χ1v) is 7.94. The van der Waals surface area contributed by atoms with Crippen LogP contribution in [0.2, 0.25) is 0 Å². The molecule has 1 atom stereocenters. The Balaban J connectivity index is 1.54. The monoisotopic (exact) mass is 318 g/mol. The topological polar surface area (TPSA) is 84.2 Å². The van der Waals surface area contributed by atoms with Crippen molar-refractivity contribution in [1.82, 2.24) is 20.0 Å². The van der Waals surface area contributed by atoms with E-state index < -0.39 is 0 Å². The molecule has 1 aliphatic heterocycles. The van der Waals surface area contributed by atoms with Gasteiger partial charge in [-0.25, -0.2) is 4.98 Å². The Morgan fingerprint density at radius 2 is 2.43 bits per heavy atom. The van der Waals surface area contributed by atoms with Gasteiger partial charge in [0.2, 0.25) is 5.91 Å². The van der Waals surface area contributed by atoms with Crippen LogP contribution < -0.4 is 4.74 Å². The number of imidazole rings is 1. The summed E-state index contributed by atoms with van der Waals surface area (Å²) in [6, 6.07) is 1.72. The Bertz CT molecular complexity index is 664. The second-order valence-corrected chi connectivity index (χ2v) is 5.97. The summed E-state index contributed by atoms with van der Waals surface area (Å²) in [4.78, 5) is 22.1. The highest BCUT2D eigenvalue weighted by Gasteiger charge is 2.26. The zero-order chi connectivity index (χ0) is 16.2. The van der Waals surface area contributed by atoms with Crippen LogP contribution in [0.5, 0.6) is 5.88 Å². The molecule has 1 saturated heterocycles. The first-order valence-electron chi connectivity index (χ1n) is 7.94. The van der Waals surface area contributed by atoms with Gasteiger partial charge in [0.25, 0.3) is 5.88 Å². The maximum atomic E-state index is 12.4. The van der Waals surface area contributed by atoms with Gasteiger partial charge in [0.15, 0.2) is 0 Å². The molecule has 7 heteroatoms. The van der Waals surface area contributed by atoms with Crippen LogP contribution in [-0.4, -0.2) is 46.1 Å². The average molecular weight is 318 g/mol. The van der Waals surface area contributed by atoms with Crippen molar-refractivity contribution in [3.63, 3.8) is 0 Å². The maximum absolute atomic E-state index is 12.4. The van der Waals surface area contributed by atoms with Crippen molar-refractivity contribution in [2.45, 2.75) is 38.5 Å². The van der Waals surface area contributed by atoms with Crippen LogP contribution in [0.3, 0.4) is 0 Å². The van der Waals surface area contributed by atoms with E-state index in [2.05, 4.69) is 15.1 Å². The van der Waals surface area contributed by atoms with Crippen LogP contribution >= 0.6 is 0 Å². The number of aryl methyl sites for hydroxylation is 2. The van der Waals surface area contributed by atoms with E-state index in [9.17, 15) is 4.79 Å². The maximum Gasteiger partial charge on any atom is 0.254 e. The zero-order valence-corrected chi connectivity index (χ0v) is 13.5. The summed E-state index contributed by atoms with van der Waals surface area (Å²) >= 11 is 0. The second-order valence-electron chi connectivity index (χ2n) is 5.97. The van der Waals surface area contributed by atoms with Crippen molar-refractivity contribution in [3.8, 4) is 5.88 Å². The molecule has 3 heterocycles. The number of ether oxygens (including phenoxy) is 1. The molecule has 23 heavy (non-hydrogen) atoms. The van der Waals surface area contributed by atoms with E-state index in [1.165, 1.54) is 7.11 Å². The minimum absolute atomic E-state index is 0.147. The summed E-state index contributed by atoms with van der Waals surface area (Å²) in [5, 5.41) is 3.74. The lowest BCUT2D eigenvalue weighted by atomic mass is 9.97. The number of likely N-dealkylation sites (tertiary alicyclic amines) is 1. The number of nitrogens with zero attached hydrogens (tertiary/aromatic N) is 3. The second kappa shape index (κ2) is 6.85. The van der Waals surface area contributed by atoms with E-state index in [0.29, 0.717) is 30.4 Å². The van der Waals surface area contributed by atoms with Crippen molar-refractivity contribution in [2.75, 3.05) is 20.2 Å². The molecule has 1 aliphatic rings. The number of aromatic amines is 1. The lowest BCUT2D eigenvalue weighted by Gasteiger charge is -2.32. The van der Waals surface area contributed by atoms with Crippen molar-refractivity contribution in [2.24, 2.45) is 0 Å². The predicted octanol–water partition coefficient (Wildman–Crippen LogP) is 2.05. The van der Waals surface area contributed by atoms with Crippen LogP contribution in [0.25, 0.3) is 0 Å². The number of amides is 1. The third kappa shape index (κ3) is 3.72. The van der Waals surface area contributed by atoms with Crippen molar-refractivity contribution in [1.29, 1.82) is 0 Å². The number of hydrogen-bond donors (Lipinski definition) is 1. The fourth-order valence-electron chi connectivity index (χ4n) is 2.96. The van der Waals surface area contributed by atoms with E-state index in [1.807, 2.05) is 18.0 Å². The van der Waals surface area contributed by atoms with Gasteiger partial charge in [-0.3, -0.25) is 4.79 Å². The molecule has 1 N–H and O–H groups in total. The third-order valence-corrected chi connectivity index (χ3v) is 4.22. The molecule has 2 aromatic rings. The molecule has 1 amide bonds. The van der Waals surface area contributed by atoms with Gasteiger partial charge >= 0.3 is 0 Å². The van der Waals surface area contributed by atoms with Gasteiger partial charge < -0.3 is 19.1 Å². The zero-order valence-electron chi connectivity index (χ0n) is 13.5. The number of hydrogen-bond acceptors (Lipinski definition) is 5. The summed E-state index contributed by atoms with van der Waals surface area (Å²) in [6.45, 7) is 3.54. The van der Waals surface area contributed by atoms with E-state index >= 15 is 0 Å². The Morgan fingerprint density at radius 1 is 1.57 bits per heavy atom. The standard InChI is InChI=1S/C16H22N4O3/c1-11-9-17-16(18-11)12-4-3-7-20(10-12)15(21)6-5-13-8-14(22-2)19-23-13/h8-9,12H,3-7,10H2,1-2H3,(H,17,18)/t12-/m1/s1. The molecule has 2 aromatic heterocycles. The lowest BCUT2D eigenvalue weighted by Crippen LogP contribution is -2.39. The first-order chi connectivity index (χ1) is 11.2. The molecule has 0 aromatic carbocycles. The average Bonchev–Trinajstić information content (AvgIpc) is 3.21. The highest BCUT2D eigenvalue weighted by molar-refractivity contribution is 5.76. The summed E-state index contributed by atoms with van der Waals surface area (Å²) in [6.07, 6.45) is 4.87. The summed E-state index contributed by atoms with van der Waals surface area (Å²) in [5.41, 5.74) is 1.06. The van der Waals surface area contributed by atoms with Gasteiger partial charge in [-0.2, -0.15) is 0 Å². The van der Waals surface area contributed by atoms with Crippen molar-refractivity contribution in [3.05, 3.63) is 29.5 Å². The minimum Gasteiger partial charge on any atom is -0.479 e. The van der Waals surface area contributed by atoms with Gasteiger partial charge in [0, 0.05) is 49.8 Å². The van der Waals surface area contributed by atoms with Crippen LogP contribution in [0.4, 0.5) is 0 Å². The van der Waals surface area contributed by atoms with Gasteiger partial charge in [-0.15, -0.1) is 0 Å². The number of rotatable bonds is 5. The highest BCUT2D eigenvalue weighted by atomic mass is 16.5. The number of methoxy groups -OCH3 is 1. The molecule has 0 saturated carbocycles. The summed E-state index contributed by atoms with van der Waals surface area (Å²) < 4.78 is 10.1. The summed E-state index contributed by atoms with van der Waals surface area (Å²) in [5.74, 6) is 2.55. The Hall–Kier alpha value is -2.31. The number of carbonyl (C=O) groups excluding carboxylic acids is 1. The van der Waals surface area contributed by atoms with E-state index in [-0.39, 0.29) is 5.91 Å². The predicted molar refractivity (Wildman–Crippen MR) is 83.3 cm³/mol. The molecule has 7 nitrogen and oxygen atoms in total. The van der Waals surface area contributed by atoms with Gasteiger partial charge in [0.05, 0.1) is 7.11 Å². The largest absolute Gasteiger partial charge is 0.479 e. The fraction of sp³-hybridized carbons (Fsp3) is 0.562. The number of aromatic nitrogens is 3. The fourth-order valence-corrected chi connectivity index (χ4v) is 2.96. The molecule has 0 bridgehead atoms. The molecule has 0 aliphatic carbocycles. The van der Waals surface area contributed by atoms with Crippen LogP contribution in [0.15, 0.2) is 16.8 Å². The number of H-pyrrole nitrogens is 1. The van der Waals surface area contributed by atoms with E-state index in [0.717, 1.165) is 37.4 Å². The SMILES string of the molecule is COc1cc(CCC(=O)N2CCC[C@@H](c3ncc(C)[nH]3)C2)on1. The molecule has 0 unspecified atom stereocenters. The first kappa shape index (κ1) is 15.6. The quantitative estimate of drug-likeness (QED) is 0.912. The number of carbonyl (C=O) groups is 1. The van der Waals surface area contributed by atoms with Gasteiger partial charge in [-0.1, -0.05) is 0 Å². The van der Waals surface area contributed by atoms with E-state index in [4.69, 9.17) is 9.26 Å². The smallest absolute Gasteiger partial charge is 0.254 e. The van der Waals surface area contributed by atoms with Crippen LogP contribution in [0, 0.1) is 6.92 Å². The normalized spacial score (nSPS) is 18.2. The number of piperidine rings is 1. The van der Waals surface area contributed by atoms with Gasteiger partial charge in [-0.05, 0) is 24.9 Å². The molecule has 0 spiro atoms. The molecule has 124 valence electrons. The molecular formula is C16H22N4O3. The molecular weight excluding hydrogens is 296 g/mol. The molecule has 3 rings (SSSR count). The minimum atomic E-state index is 0.147. The van der Waals surface area contributed by atoms with E-state index in [1.54, 1.807) is 6.07 Å². The Morgan fingerprint density at radius 3 is 3.13 bits per heavy atom. The summed E-state index contributed by atoms with van der Waals surface area (Å²) in [7, 11) is 1.54. The Labute approximate surface area is 135 Å². The third-order valence-electron chi connectivity index (χ3n) is 4.22. The lowest BCUT2D eigenvalue weighted by molar-refractivity contribution is -0.132. The van der Waals surface area contributed by atoms with Crippen LogP contribution in [-0.2, 0) is 11.2 Å². The van der Waals surface area contributed by atoms with Crippen LogP contribution in [0.1, 0.15) is 42.5 Å². The highest BCUT2D eigenvalue weighted by Crippen LogP contribution is 2.25.